The maximum Gasteiger partial charge on any atom is 0.139 e. The molecular weight excluding hydrogens is 186 g/mol. The van der Waals surface area contributed by atoms with Gasteiger partial charge in [0.15, 0.2) is 0 Å². The van der Waals surface area contributed by atoms with Gasteiger partial charge in [-0.2, -0.15) is 0 Å². The molecule has 0 aliphatic carbocycles. The number of aliphatic hydroxyl groups is 1. The van der Waals surface area contributed by atoms with Gasteiger partial charge in [-0.3, -0.25) is 0 Å². The first kappa shape index (κ1) is 12.5. The smallest absolute Gasteiger partial charge is 0.139 e. The summed E-state index contributed by atoms with van der Waals surface area (Å²) >= 11 is 0. The minimum Gasteiger partial charge on any atom is -0.378 e. The van der Waals surface area contributed by atoms with Gasteiger partial charge in [0.1, 0.15) is 12.1 Å². The van der Waals surface area contributed by atoms with Crippen LogP contribution >= 0.6 is 0 Å². The van der Waals surface area contributed by atoms with Crippen molar-refractivity contribution in [3.63, 3.8) is 0 Å². The molecule has 0 spiro atoms. The Morgan fingerprint density at radius 1 is 1.27 bits per heavy atom. The highest BCUT2D eigenvalue weighted by Gasteiger charge is 2.27. The number of rotatable bonds is 1. The summed E-state index contributed by atoms with van der Waals surface area (Å²) in [6, 6.07) is 1.43. The van der Waals surface area contributed by atoms with Gasteiger partial charge in [-0.05, 0) is 52.9 Å². The molecule has 0 bridgehead atoms. The van der Waals surface area contributed by atoms with E-state index in [2.05, 4.69) is 25.7 Å². The molecule has 0 aromatic carbocycles. The Bertz CT molecular complexity index is 246. The van der Waals surface area contributed by atoms with Gasteiger partial charge in [0, 0.05) is 0 Å². The fourth-order valence-electron chi connectivity index (χ4n) is 2.30. The molecule has 1 aliphatic rings. The first-order chi connectivity index (χ1) is 6.90. The zero-order chi connectivity index (χ0) is 11.5. The molecule has 1 aliphatic heterocycles. The SMILES string of the molecule is C[C@@H]1CCC[C@H](C)[NH+]1CC#CC(C)(C)O. The Labute approximate surface area is 93.7 Å². The zero-order valence-electron chi connectivity index (χ0n) is 10.4. The molecule has 0 aromatic heterocycles. The molecule has 0 saturated carbocycles. The number of likely N-dealkylation sites (tertiary alicyclic amines) is 1. The molecule has 1 rings (SSSR count). The summed E-state index contributed by atoms with van der Waals surface area (Å²) in [5.41, 5.74) is -0.846. The molecule has 2 nitrogen and oxygen atoms in total. The van der Waals surface area contributed by atoms with Gasteiger partial charge in [0.05, 0.1) is 12.1 Å². The molecule has 86 valence electrons. The minimum absolute atomic E-state index is 0.713. The Morgan fingerprint density at radius 3 is 2.27 bits per heavy atom. The lowest BCUT2D eigenvalue weighted by molar-refractivity contribution is -0.944. The first-order valence-corrected chi connectivity index (χ1v) is 5.98. The van der Waals surface area contributed by atoms with E-state index in [1.807, 2.05) is 0 Å². The minimum atomic E-state index is -0.846. The highest BCUT2D eigenvalue weighted by Crippen LogP contribution is 2.06. The number of nitrogens with one attached hydrogen (secondary N) is 1. The van der Waals surface area contributed by atoms with E-state index >= 15 is 0 Å². The van der Waals surface area contributed by atoms with E-state index in [0.717, 1.165) is 6.54 Å². The third kappa shape index (κ3) is 4.24. The van der Waals surface area contributed by atoms with Crippen LogP contribution in [0.25, 0.3) is 0 Å². The summed E-state index contributed by atoms with van der Waals surface area (Å²) in [6.45, 7) is 8.94. The molecule has 15 heavy (non-hydrogen) atoms. The lowest BCUT2D eigenvalue weighted by atomic mass is 9.97. The highest BCUT2D eigenvalue weighted by atomic mass is 16.3. The highest BCUT2D eigenvalue weighted by molar-refractivity contribution is 5.09. The van der Waals surface area contributed by atoms with E-state index in [-0.39, 0.29) is 0 Å². The third-order valence-electron chi connectivity index (χ3n) is 3.23. The van der Waals surface area contributed by atoms with E-state index < -0.39 is 5.60 Å². The Morgan fingerprint density at radius 2 is 1.80 bits per heavy atom. The summed E-state index contributed by atoms with van der Waals surface area (Å²) < 4.78 is 0. The van der Waals surface area contributed by atoms with Crippen molar-refractivity contribution in [1.82, 2.24) is 0 Å². The third-order valence-corrected chi connectivity index (χ3v) is 3.23. The number of hydrogen-bond acceptors (Lipinski definition) is 1. The van der Waals surface area contributed by atoms with E-state index in [1.54, 1.807) is 18.7 Å². The van der Waals surface area contributed by atoms with Crippen molar-refractivity contribution in [3.8, 4) is 11.8 Å². The molecule has 0 amide bonds. The average molecular weight is 210 g/mol. The van der Waals surface area contributed by atoms with Crippen molar-refractivity contribution >= 4 is 0 Å². The summed E-state index contributed by atoms with van der Waals surface area (Å²) in [4.78, 5) is 1.58. The van der Waals surface area contributed by atoms with E-state index in [4.69, 9.17) is 0 Å². The van der Waals surface area contributed by atoms with Crippen LogP contribution in [0.4, 0.5) is 0 Å². The maximum absolute atomic E-state index is 9.50. The van der Waals surface area contributed by atoms with Crippen LogP contribution in [0, 0.1) is 11.8 Å². The lowest BCUT2D eigenvalue weighted by Crippen LogP contribution is -3.19. The van der Waals surface area contributed by atoms with Crippen LogP contribution < -0.4 is 4.90 Å². The maximum atomic E-state index is 9.50. The van der Waals surface area contributed by atoms with Gasteiger partial charge in [-0.15, -0.1) is 0 Å². The van der Waals surface area contributed by atoms with Crippen molar-refractivity contribution < 1.29 is 10.0 Å². The molecule has 1 saturated heterocycles. The molecule has 3 atom stereocenters. The van der Waals surface area contributed by atoms with Crippen LogP contribution in [-0.4, -0.2) is 29.3 Å². The predicted octanol–water partition coefficient (Wildman–Crippen LogP) is 0.607. The molecule has 1 fully saturated rings. The van der Waals surface area contributed by atoms with Gasteiger partial charge in [-0.1, -0.05) is 5.92 Å². The second-order valence-corrected chi connectivity index (χ2v) is 5.35. The fraction of sp³-hybridized carbons (Fsp3) is 0.846. The van der Waals surface area contributed by atoms with E-state index in [0.29, 0.717) is 12.1 Å². The Kier molecular flexibility index (Phi) is 4.19. The fourth-order valence-corrected chi connectivity index (χ4v) is 2.30. The van der Waals surface area contributed by atoms with Crippen LogP contribution in [0.15, 0.2) is 0 Å². The monoisotopic (exact) mass is 210 g/mol. The molecule has 2 N–H and O–H groups in total. The normalized spacial score (nSPS) is 31.9. The molecule has 0 radical (unpaired) electrons. The van der Waals surface area contributed by atoms with Gasteiger partial charge in [0.25, 0.3) is 0 Å². The standard InChI is InChI=1S/C13H23NO/c1-11-7-5-8-12(2)14(11)10-6-9-13(3,4)15/h11-12,15H,5,7-8,10H2,1-4H3/p+1/t11-,12+. The van der Waals surface area contributed by atoms with Crippen molar-refractivity contribution in [2.45, 2.75) is 64.6 Å². The Hall–Kier alpha value is -0.520. The quantitative estimate of drug-likeness (QED) is 0.609. The number of quaternary nitrogens is 1. The second kappa shape index (κ2) is 5.01. The Balaban J connectivity index is 2.51. The molecule has 1 unspecified atom stereocenters. The first-order valence-electron chi connectivity index (χ1n) is 5.98. The van der Waals surface area contributed by atoms with Crippen LogP contribution in [0.1, 0.15) is 47.0 Å². The summed E-state index contributed by atoms with van der Waals surface area (Å²) in [5, 5.41) is 9.50. The van der Waals surface area contributed by atoms with Crippen LogP contribution in [0.3, 0.4) is 0 Å². The van der Waals surface area contributed by atoms with Gasteiger partial charge in [0.2, 0.25) is 0 Å². The largest absolute Gasteiger partial charge is 0.378 e. The average Bonchev–Trinajstić information content (AvgIpc) is 2.08. The van der Waals surface area contributed by atoms with Crippen molar-refractivity contribution in [3.05, 3.63) is 0 Å². The van der Waals surface area contributed by atoms with Crippen LogP contribution in [0.5, 0.6) is 0 Å². The molecule has 0 aromatic rings. The van der Waals surface area contributed by atoms with Crippen molar-refractivity contribution in [2.24, 2.45) is 0 Å². The summed E-state index contributed by atoms with van der Waals surface area (Å²) in [7, 11) is 0. The van der Waals surface area contributed by atoms with Gasteiger partial charge < -0.3 is 10.0 Å². The molecule has 2 heteroatoms. The van der Waals surface area contributed by atoms with Gasteiger partial charge in [-0.25, -0.2) is 0 Å². The van der Waals surface area contributed by atoms with Crippen molar-refractivity contribution in [1.29, 1.82) is 0 Å². The van der Waals surface area contributed by atoms with E-state index in [9.17, 15) is 5.11 Å². The summed E-state index contributed by atoms with van der Waals surface area (Å²) in [5.74, 6) is 6.01. The van der Waals surface area contributed by atoms with Gasteiger partial charge >= 0.3 is 0 Å². The van der Waals surface area contributed by atoms with Crippen molar-refractivity contribution in [2.75, 3.05) is 6.54 Å². The van der Waals surface area contributed by atoms with E-state index in [1.165, 1.54) is 19.3 Å². The molecular formula is C13H24NO+. The van der Waals surface area contributed by atoms with Crippen LogP contribution in [0.2, 0.25) is 0 Å². The topological polar surface area (TPSA) is 24.7 Å². The number of hydrogen-bond donors (Lipinski definition) is 2. The summed E-state index contributed by atoms with van der Waals surface area (Å²) in [6.07, 6.45) is 3.97. The second-order valence-electron chi connectivity index (χ2n) is 5.35. The lowest BCUT2D eigenvalue weighted by Gasteiger charge is -2.34. The number of piperidine rings is 1. The predicted molar refractivity (Wildman–Crippen MR) is 62.7 cm³/mol. The molecule has 1 heterocycles. The van der Waals surface area contributed by atoms with Crippen LogP contribution in [-0.2, 0) is 0 Å². The zero-order valence-corrected chi connectivity index (χ0v) is 10.4.